The van der Waals surface area contributed by atoms with Crippen LogP contribution >= 0.6 is 0 Å². The first-order valence-electron chi connectivity index (χ1n) is 3.22. The maximum absolute atomic E-state index is 10.4. The summed E-state index contributed by atoms with van der Waals surface area (Å²) in [5.74, 6) is -2.35. The van der Waals surface area contributed by atoms with E-state index < -0.39 is 17.9 Å². The van der Waals surface area contributed by atoms with Gasteiger partial charge in [-0.2, -0.15) is 0 Å². The average Bonchev–Trinajstić information content (AvgIpc) is 1.99. The lowest BCUT2D eigenvalue weighted by Gasteiger charge is -2.03. The highest BCUT2D eigenvalue weighted by Gasteiger charge is 2.12. The number of aliphatic hydroxyl groups excluding tert-OH is 1. The first-order valence-corrected chi connectivity index (χ1v) is 3.22. The summed E-state index contributed by atoms with van der Waals surface area (Å²) in [5.41, 5.74) is 5.03. The van der Waals surface area contributed by atoms with Gasteiger partial charge in [0.15, 0.2) is 0 Å². The smallest absolute Gasteiger partial charge is 0.372 e. The van der Waals surface area contributed by atoms with Gasteiger partial charge in [0.1, 0.15) is 0 Å². The van der Waals surface area contributed by atoms with Crippen LogP contribution in [0.5, 0.6) is 0 Å². The maximum Gasteiger partial charge on any atom is 0.372 e. The zero-order chi connectivity index (χ0) is 8.85. The highest BCUT2D eigenvalue weighted by atomic mass is 16.4. The fourth-order valence-electron chi connectivity index (χ4n) is 0.522. The minimum atomic E-state index is -1.46. The van der Waals surface area contributed by atoms with Crippen LogP contribution in [0.25, 0.3) is 0 Å². The molecule has 0 aliphatic heterocycles. The van der Waals surface area contributed by atoms with E-state index in [4.69, 9.17) is 15.9 Å². The molecule has 5 nitrogen and oxygen atoms in total. The lowest BCUT2D eigenvalue weighted by Crippen LogP contribution is -2.22. The number of carbonyl (C=O) groups is 2. The van der Waals surface area contributed by atoms with Crippen LogP contribution in [0.15, 0.2) is 0 Å². The van der Waals surface area contributed by atoms with E-state index in [9.17, 15) is 9.59 Å². The Hall–Kier alpha value is -0.940. The van der Waals surface area contributed by atoms with Crippen molar-refractivity contribution in [2.24, 2.45) is 5.73 Å². The summed E-state index contributed by atoms with van der Waals surface area (Å²) in [6, 6.07) is 0. The van der Waals surface area contributed by atoms with Crippen molar-refractivity contribution in [1.82, 2.24) is 0 Å². The van der Waals surface area contributed by atoms with Crippen molar-refractivity contribution in [2.45, 2.75) is 18.9 Å². The Morgan fingerprint density at radius 2 is 2.00 bits per heavy atom. The van der Waals surface area contributed by atoms with Crippen LogP contribution < -0.4 is 5.73 Å². The largest absolute Gasteiger partial charge is 0.476 e. The molecule has 0 rings (SSSR count). The number of carbonyl (C=O) groups excluding carboxylic acids is 1. The predicted molar refractivity (Wildman–Crippen MR) is 36.9 cm³/mol. The number of aliphatic carboxylic acids is 1. The van der Waals surface area contributed by atoms with Gasteiger partial charge in [-0.1, -0.05) is 0 Å². The van der Waals surface area contributed by atoms with Crippen molar-refractivity contribution in [3.63, 3.8) is 0 Å². The van der Waals surface area contributed by atoms with Crippen LogP contribution in [-0.2, 0) is 9.59 Å². The van der Waals surface area contributed by atoms with Gasteiger partial charge >= 0.3 is 5.97 Å². The van der Waals surface area contributed by atoms with E-state index in [2.05, 4.69) is 0 Å². The molecule has 11 heavy (non-hydrogen) atoms. The summed E-state index contributed by atoms with van der Waals surface area (Å²) >= 11 is 0. The number of ketones is 1. The zero-order valence-corrected chi connectivity index (χ0v) is 5.99. The summed E-state index contributed by atoms with van der Waals surface area (Å²) in [6.07, 6.45) is -0.826. The molecule has 0 heterocycles. The van der Waals surface area contributed by atoms with E-state index in [1.165, 1.54) is 0 Å². The number of carboxylic acid groups (broad SMARTS) is 1. The van der Waals surface area contributed by atoms with Crippen LogP contribution in [0.1, 0.15) is 12.8 Å². The number of Topliss-reactive ketones (excluding diaryl/α,β-unsaturated/α-hetero) is 1. The first kappa shape index (κ1) is 10.1. The Morgan fingerprint density at radius 1 is 1.45 bits per heavy atom. The van der Waals surface area contributed by atoms with Gasteiger partial charge < -0.3 is 15.9 Å². The molecule has 0 aromatic rings. The Morgan fingerprint density at radius 3 is 2.36 bits per heavy atom. The van der Waals surface area contributed by atoms with Crippen molar-refractivity contribution in [3.8, 4) is 0 Å². The van der Waals surface area contributed by atoms with Gasteiger partial charge in [0, 0.05) is 13.0 Å². The molecule has 1 unspecified atom stereocenters. The standard InChI is InChI=1S/C6H11NO4/c7-3-4(8)1-2-5(9)6(10)11/h4,8H,1-3,7H2,(H,10,11). The fraction of sp³-hybridized carbons (Fsp3) is 0.667. The molecule has 0 aromatic heterocycles. The fourth-order valence-corrected chi connectivity index (χ4v) is 0.522. The molecule has 0 aromatic carbocycles. The molecule has 0 saturated heterocycles. The SMILES string of the molecule is NCC(O)CCC(=O)C(=O)O. The van der Waals surface area contributed by atoms with Crippen LogP contribution in [0.3, 0.4) is 0 Å². The monoisotopic (exact) mass is 161 g/mol. The van der Waals surface area contributed by atoms with Gasteiger partial charge in [-0.15, -0.1) is 0 Å². The normalized spacial score (nSPS) is 12.5. The molecular weight excluding hydrogens is 150 g/mol. The number of aliphatic hydroxyl groups is 1. The Kier molecular flexibility index (Phi) is 4.40. The Labute approximate surface area is 63.8 Å². The number of carboxylic acids is 1. The molecule has 0 amide bonds. The topological polar surface area (TPSA) is 101 Å². The predicted octanol–water partition coefficient (Wildman–Crippen LogP) is -1.26. The summed E-state index contributed by atoms with van der Waals surface area (Å²) in [5, 5.41) is 16.9. The summed E-state index contributed by atoms with van der Waals surface area (Å²) < 4.78 is 0. The molecule has 4 N–H and O–H groups in total. The van der Waals surface area contributed by atoms with Crippen LogP contribution in [0, 0.1) is 0 Å². The third kappa shape index (κ3) is 4.46. The minimum Gasteiger partial charge on any atom is -0.476 e. The van der Waals surface area contributed by atoms with E-state index in [1.54, 1.807) is 0 Å². The Balaban J connectivity index is 3.54. The van der Waals surface area contributed by atoms with Crippen LogP contribution in [0.4, 0.5) is 0 Å². The van der Waals surface area contributed by atoms with Gasteiger partial charge in [-0.25, -0.2) is 4.79 Å². The second-order valence-corrected chi connectivity index (χ2v) is 2.16. The first-order chi connectivity index (χ1) is 5.07. The van der Waals surface area contributed by atoms with Crippen LogP contribution in [-0.4, -0.2) is 34.6 Å². The van der Waals surface area contributed by atoms with Gasteiger partial charge in [-0.05, 0) is 6.42 Å². The van der Waals surface area contributed by atoms with Gasteiger partial charge in [0.25, 0.3) is 0 Å². The summed E-state index contributed by atoms with van der Waals surface area (Å²) in [7, 11) is 0. The van der Waals surface area contributed by atoms with E-state index >= 15 is 0 Å². The van der Waals surface area contributed by atoms with Crippen molar-refractivity contribution in [1.29, 1.82) is 0 Å². The second-order valence-electron chi connectivity index (χ2n) is 2.16. The van der Waals surface area contributed by atoms with Crippen LogP contribution in [0.2, 0.25) is 0 Å². The molecule has 0 fully saturated rings. The van der Waals surface area contributed by atoms with Gasteiger partial charge in [-0.3, -0.25) is 4.79 Å². The summed E-state index contributed by atoms with van der Waals surface area (Å²) in [4.78, 5) is 20.3. The highest BCUT2D eigenvalue weighted by molar-refractivity contribution is 6.32. The minimum absolute atomic E-state index is 0.0485. The number of rotatable bonds is 5. The van der Waals surface area contributed by atoms with Crippen molar-refractivity contribution >= 4 is 11.8 Å². The highest BCUT2D eigenvalue weighted by Crippen LogP contribution is 1.96. The molecular formula is C6H11NO4. The van der Waals surface area contributed by atoms with Gasteiger partial charge in [0.05, 0.1) is 6.10 Å². The van der Waals surface area contributed by atoms with Gasteiger partial charge in [0.2, 0.25) is 5.78 Å². The van der Waals surface area contributed by atoms with E-state index in [0.29, 0.717) is 0 Å². The lowest BCUT2D eigenvalue weighted by atomic mass is 10.1. The number of nitrogens with two attached hydrogens (primary N) is 1. The maximum atomic E-state index is 10.4. The van der Waals surface area contributed by atoms with Crippen molar-refractivity contribution < 1.29 is 19.8 Å². The molecule has 5 heteroatoms. The molecule has 0 spiro atoms. The molecule has 0 bridgehead atoms. The van der Waals surface area contributed by atoms with E-state index in [1.807, 2.05) is 0 Å². The quantitative estimate of drug-likeness (QED) is 0.437. The molecule has 64 valence electrons. The number of hydrogen-bond acceptors (Lipinski definition) is 4. The van der Waals surface area contributed by atoms with E-state index in [0.717, 1.165) is 0 Å². The zero-order valence-electron chi connectivity index (χ0n) is 5.99. The third-order valence-electron chi connectivity index (χ3n) is 1.22. The Bertz CT molecular complexity index is 157. The second kappa shape index (κ2) is 4.81. The number of hydrogen-bond donors (Lipinski definition) is 3. The van der Waals surface area contributed by atoms with Crippen molar-refractivity contribution in [2.75, 3.05) is 6.54 Å². The molecule has 0 aliphatic rings. The molecule has 0 aliphatic carbocycles. The van der Waals surface area contributed by atoms with Crippen molar-refractivity contribution in [3.05, 3.63) is 0 Å². The lowest BCUT2D eigenvalue weighted by molar-refractivity contribution is -0.149. The average molecular weight is 161 g/mol. The summed E-state index contributed by atoms with van der Waals surface area (Å²) in [6.45, 7) is 0.0485. The van der Waals surface area contributed by atoms with E-state index in [-0.39, 0.29) is 19.4 Å². The molecule has 0 saturated carbocycles. The third-order valence-corrected chi connectivity index (χ3v) is 1.22. The molecule has 0 radical (unpaired) electrons. The molecule has 1 atom stereocenters.